The molecule has 0 spiro atoms. The first-order valence-corrected chi connectivity index (χ1v) is 15.4. The number of thioether (sulfide) groups is 1. The van der Waals surface area contributed by atoms with Crippen LogP contribution < -0.4 is 4.90 Å². The maximum Gasteiger partial charge on any atom is 0.420 e. The fourth-order valence-corrected chi connectivity index (χ4v) is 5.53. The van der Waals surface area contributed by atoms with Crippen LogP contribution in [0.25, 0.3) is 11.0 Å². The molecule has 4 aromatic rings. The Bertz CT molecular complexity index is 1440. The largest absolute Gasteiger partial charge is 0.448 e. The molecule has 0 N–H and O–H groups in total. The lowest BCUT2D eigenvalue weighted by atomic mass is 10.0. The fraction of sp³-hybridized carbons (Fsp3) is 0.379. The summed E-state index contributed by atoms with van der Waals surface area (Å²) in [5.74, 6) is 0.678. The number of likely N-dealkylation sites (N-methyl/N-ethyl adjacent to an activating group) is 1. The molecule has 1 saturated heterocycles. The molecule has 0 bridgehead atoms. The number of ether oxygens (including phenoxy) is 1. The van der Waals surface area contributed by atoms with Crippen molar-refractivity contribution in [1.29, 1.82) is 0 Å². The molecule has 1 aliphatic heterocycles. The van der Waals surface area contributed by atoms with E-state index in [9.17, 15) is 4.79 Å². The summed E-state index contributed by atoms with van der Waals surface area (Å²) in [6, 6.07) is 17.9. The summed E-state index contributed by atoms with van der Waals surface area (Å²) in [5.41, 5.74) is 2.56. The molecular formula is C29H34BrN7O2S. The predicted octanol–water partition coefficient (Wildman–Crippen LogP) is 5.64. The van der Waals surface area contributed by atoms with Crippen LogP contribution in [0.2, 0.25) is 0 Å². The highest BCUT2D eigenvalue weighted by Gasteiger charge is 2.27. The van der Waals surface area contributed by atoms with Gasteiger partial charge in [-0.1, -0.05) is 71.0 Å². The van der Waals surface area contributed by atoms with Crippen molar-refractivity contribution in [2.45, 2.75) is 24.5 Å². The quantitative estimate of drug-likeness (QED) is 0.175. The van der Waals surface area contributed by atoms with Crippen molar-refractivity contribution in [3.63, 3.8) is 0 Å². The zero-order chi connectivity index (χ0) is 28.1. The molecule has 40 heavy (non-hydrogen) atoms. The summed E-state index contributed by atoms with van der Waals surface area (Å²) < 4.78 is 8.60. The first-order valence-electron chi connectivity index (χ1n) is 13.4. The summed E-state index contributed by atoms with van der Waals surface area (Å²) in [4.78, 5) is 29.5. The van der Waals surface area contributed by atoms with E-state index in [0.717, 1.165) is 30.7 Å². The minimum atomic E-state index is -0.482. The van der Waals surface area contributed by atoms with Gasteiger partial charge in [0, 0.05) is 49.7 Å². The number of nitrogens with zero attached hydrogens (tertiary/aromatic N) is 7. The van der Waals surface area contributed by atoms with E-state index in [0.29, 0.717) is 47.4 Å². The molecule has 11 heteroatoms. The van der Waals surface area contributed by atoms with Crippen molar-refractivity contribution in [3.05, 3.63) is 70.8 Å². The van der Waals surface area contributed by atoms with E-state index in [2.05, 4.69) is 56.9 Å². The van der Waals surface area contributed by atoms with Crippen molar-refractivity contribution in [2.75, 3.05) is 57.5 Å². The average Bonchev–Trinajstić information content (AvgIpc) is 3.37. The Morgan fingerprint density at radius 3 is 2.60 bits per heavy atom. The number of piperazine rings is 1. The standard InChI is InChI=1S/C29H34BrN7O2S/c1-21(22-8-5-4-6-9-22)20-36-26-25(19-31-36)27(33-28(32-26)40-3)37(24-11-7-10-23(30)18-24)29(38)39-17-16-35-14-12-34(2)13-15-35/h4-11,18-19,21H,12-17,20H2,1-3H3. The van der Waals surface area contributed by atoms with Crippen LogP contribution in [0.5, 0.6) is 0 Å². The molecule has 0 aliphatic carbocycles. The second-order valence-corrected chi connectivity index (χ2v) is 11.7. The normalized spacial score (nSPS) is 15.3. The number of rotatable bonds is 9. The maximum absolute atomic E-state index is 13.7. The van der Waals surface area contributed by atoms with E-state index in [4.69, 9.17) is 14.7 Å². The molecule has 9 nitrogen and oxygen atoms in total. The number of halogens is 1. The summed E-state index contributed by atoms with van der Waals surface area (Å²) in [6.07, 6.45) is 3.19. The van der Waals surface area contributed by atoms with Crippen LogP contribution in [0.1, 0.15) is 18.4 Å². The van der Waals surface area contributed by atoms with E-state index < -0.39 is 6.09 Å². The van der Waals surface area contributed by atoms with Gasteiger partial charge in [-0.05, 0) is 37.1 Å². The van der Waals surface area contributed by atoms with Crippen molar-refractivity contribution in [2.24, 2.45) is 0 Å². The lowest BCUT2D eigenvalue weighted by molar-refractivity contribution is 0.108. The Kier molecular flexibility index (Phi) is 9.36. The molecule has 0 saturated carbocycles. The minimum absolute atomic E-state index is 0.223. The number of carbonyl (C=O) groups excluding carboxylic acids is 1. The van der Waals surface area contributed by atoms with Crippen molar-refractivity contribution >= 4 is 56.3 Å². The van der Waals surface area contributed by atoms with Crippen LogP contribution in [0.15, 0.2) is 70.4 Å². The molecule has 1 atom stereocenters. The second kappa shape index (κ2) is 13.1. The molecule has 2 aromatic carbocycles. The minimum Gasteiger partial charge on any atom is -0.448 e. The average molecular weight is 625 g/mol. The third kappa shape index (κ3) is 6.65. The lowest BCUT2D eigenvalue weighted by Gasteiger charge is -2.32. The number of hydrogen-bond acceptors (Lipinski definition) is 8. The van der Waals surface area contributed by atoms with Crippen LogP contribution in [0.4, 0.5) is 16.3 Å². The fourth-order valence-electron chi connectivity index (χ4n) is 4.79. The number of carbonyl (C=O) groups is 1. The highest BCUT2D eigenvalue weighted by atomic mass is 79.9. The first kappa shape index (κ1) is 28.5. The van der Waals surface area contributed by atoms with Crippen LogP contribution in [-0.2, 0) is 11.3 Å². The van der Waals surface area contributed by atoms with E-state index in [1.54, 1.807) is 6.20 Å². The summed E-state index contributed by atoms with van der Waals surface area (Å²) in [6.45, 7) is 7.76. The van der Waals surface area contributed by atoms with E-state index in [-0.39, 0.29) is 5.92 Å². The lowest BCUT2D eigenvalue weighted by Crippen LogP contribution is -2.45. The monoisotopic (exact) mass is 623 g/mol. The van der Waals surface area contributed by atoms with Gasteiger partial charge < -0.3 is 9.64 Å². The number of aromatic nitrogens is 4. The Balaban J connectivity index is 1.46. The first-order chi connectivity index (χ1) is 19.4. The van der Waals surface area contributed by atoms with Gasteiger partial charge in [-0.25, -0.2) is 24.3 Å². The van der Waals surface area contributed by atoms with Gasteiger partial charge in [-0.15, -0.1) is 0 Å². The summed E-state index contributed by atoms with van der Waals surface area (Å²) in [5, 5.41) is 5.93. The van der Waals surface area contributed by atoms with Gasteiger partial charge in [-0.2, -0.15) is 5.10 Å². The molecule has 1 aliphatic rings. The van der Waals surface area contributed by atoms with E-state index >= 15 is 0 Å². The number of amides is 1. The Morgan fingerprint density at radius 2 is 1.88 bits per heavy atom. The van der Waals surface area contributed by atoms with Gasteiger partial charge in [0.25, 0.3) is 0 Å². The Labute approximate surface area is 247 Å². The van der Waals surface area contributed by atoms with Gasteiger partial charge in [0.05, 0.1) is 17.3 Å². The van der Waals surface area contributed by atoms with Crippen molar-refractivity contribution in [1.82, 2.24) is 29.5 Å². The molecule has 5 rings (SSSR count). The van der Waals surface area contributed by atoms with Gasteiger partial charge in [-0.3, -0.25) is 4.90 Å². The van der Waals surface area contributed by atoms with Crippen molar-refractivity contribution < 1.29 is 9.53 Å². The SMILES string of the molecule is CSc1nc(N(C(=O)OCCN2CCN(C)CC2)c2cccc(Br)c2)c2cnn(CC(C)c3ccccc3)c2n1. The van der Waals surface area contributed by atoms with Crippen LogP contribution in [0.3, 0.4) is 0 Å². The predicted molar refractivity (Wildman–Crippen MR) is 164 cm³/mol. The maximum atomic E-state index is 13.7. The zero-order valence-corrected chi connectivity index (χ0v) is 25.4. The van der Waals surface area contributed by atoms with E-state index in [1.165, 1.54) is 22.2 Å². The van der Waals surface area contributed by atoms with Gasteiger partial charge in [0.15, 0.2) is 16.6 Å². The molecule has 0 radical (unpaired) electrons. The number of hydrogen-bond donors (Lipinski definition) is 0. The number of benzene rings is 2. The Hall–Kier alpha value is -2.99. The van der Waals surface area contributed by atoms with Gasteiger partial charge in [0.2, 0.25) is 0 Å². The molecule has 210 valence electrons. The number of fused-ring (bicyclic) bond motifs is 1. The second-order valence-electron chi connectivity index (χ2n) is 9.98. The Morgan fingerprint density at radius 1 is 1.10 bits per heavy atom. The summed E-state index contributed by atoms with van der Waals surface area (Å²) in [7, 11) is 2.13. The third-order valence-electron chi connectivity index (χ3n) is 7.14. The molecular weight excluding hydrogens is 590 g/mol. The topological polar surface area (TPSA) is 79.6 Å². The number of anilines is 2. The molecule has 1 fully saturated rings. The van der Waals surface area contributed by atoms with Gasteiger partial charge in [0.1, 0.15) is 6.61 Å². The van der Waals surface area contributed by atoms with Crippen molar-refractivity contribution in [3.8, 4) is 0 Å². The molecule has 1 unspecified atom stereocenters. The van der Waals surface area contributed by atoms with E-state index in [1.807, 2.05) is 53.4 Å². The highest BCUT2D eigenvalue weighted by Crippen LogP contribution is 2.34. The smallest absolute Gasteiger partial charge is 0.420 e. The molecule has 2 aromatic heterocycles. The van der Waals surface area contributed by atoms with Crippen LogP contribution in [-0.4, -0.2) is 88.3 Å². The summed E-state index contributed by atoms with van der Waals surface area (Å²) >= 11 is 4.98. The van der Waals surface area contributed by atoms with Gasteiger partial charge >= 0.3 is 6.09 Å². The zero-order valence-electron chi connectivity index (χ0n) is 23.0. The van der Waals surface area contributed by atoms with Crippen LogP contribution in [0, 0.1) is 0 Å². The highest BCUT2D eigenvalue weighted by molar-refractivity contribution is 9.10. The third-order valence-corrected chi connectivity index (χ3v) is 8.18. The molecule has 3 heterocycles. The molecule has 1 amide bonds. The van der Waals surface area contributed by atoms with Crippen LogP contribution >= 0.6 is 27.7 Å².